The van der Waals surface area contributed by atoms with Gasteiger partial charge in [0.15, 0.2) is 5.75 Å². The maximum atomic E-state index is 13.5. The molecule has 1 atom stereocenters. The molecule has 1 amide bonds. The highest BCUT2D eigenvalue weighted by Crippen LogP contribution is 2.45. The van der Waals surface area contributed by atoms with Gasteiger partial charge in [0.1, 0.15) is 5.00 Å². The monoisotopic (exact) mass is 415 g/mol. The van der Waals surface area contributed by atoms with Crippen molar-refractivity contribution in [2.24, 2.45) is 11.8 Å². The Kier molecular flexibility index (Phi) is 6.96. The number of hydrogen-bond donors (Lipinski definition) is 1. The normalized spacial score (nSPS) is 20.1. The standard InChI is InChI=1S/C23H29NO4S/c1-4-16(3)24(21(25)18-12-10-15(2)11-13-18)22-19(28-23(26)27)14-20(29-22)17-8-6-5-7-9-17/h5-9,14-16,18H,4,10-13H2,1-3H3,(H,26,27). The van der Waals surface area contributed by atoms with Crippen molar-refractivity contribution >= 4 is 28.4 Å². The molecule has 0 saturated heterocycles. The van der Waals surface area contributed by atoms with Gasteiger partial charge in [0.05, 0.1) is 0 Å². The highest BCUT2D eigenvalue weighted by Gasteiger charge is 2.34. The first-order chi connectivity index (χ1) is 13.9. The van der Waals surface area contributed by atoms with Gasteiger partial charge in [-0.05, 0) is 50.5 Å². The van der Waals surface area contributed by atoms with Crippen molar-refractivity contribution in [1.82, 2.24) is 0 Å². The first-order valence-electron chi connectivity index (χ1n) is 10.3. The lowest BCUT2D eigenvalue weighted by Gasteiger charge is -2.34. The van der Waals surface area contributed by atoms with Crippen molar-refractivity contribution in [3.8, 4) is 16.2 Å². The molecule has 0 radical (unpaired) electrons. The molecule has 156 valence electrons. The van der Waals surface area contributed by atoms with E-state index in [1.165, 1.54) is 11.3 Å². The molecular formula is C23H29NO4S. The Morgan fingerprint density at radius 3 is 2.45 bits per heavy atom. The van der Waals surface area contributed by atoms with Crippen molar-refractivity contribution in [3.63, 3.8) is 0 Å². The van der Waals surface area contributed by atoms with Gasteiger partial charge in [-0.15, -0.1) is 11.3 Å². The largest absolute Gasteiger partial charge is 0.511 e. The molecule has 1 fully saturated rings. The quantitative estimate of drug-likeness (QED) is 0.552. The zero-order valence-electron chi connectivity index (χ0n) is 17.3. The van der Waals surface area contributed by atoms with Crippen LogP contribution in [0.25, 0.3) is 10.4 Å². The SMILES string of the molecule is CCC(C)N(C(=O)C1CCC(C)CC1)c1sc(-c2ccccc2)cc1OC(=O)O. The van der Waals surface area contributed by atoms with E-state index in [-0.39, 0.29) is 23.6 Å². The van der Waals surface area contributed by atoms with Crippen LogP contribution in [0.1, 0.15) is 52.9 Å². The number of hydrogen-bond acceptors (Lipinski definition) is 4. The summed E-state index contributed by atoms with van der Waals surface area (Å²) >= 11 is 1.42. The Hall–Kier alpha value is -2.34. The molecule has 0 bridgehead atoms. The van der Waals surface area contributed by atoms with Crippen molar-refractivity contribution in [2.75, 3.05) is 4.90 Å². The van der Waals surface area contributed by atoms with Crippen LogP contribution < -0.4 is 9.64 Å². The number of nitrogens with zero attached hydrogens (tertiary/aromatic N) is 1. The maximum absolute atomic E-state index is 13.5. The van der Waals surface area contributed by atoms with Crippen molar-refractivity contribution in [2.45, 2.75) is 58.9 Å². The minimum absolute atomic E-state index is 0.0137. The summed E-state index contributed by atoms with van der Waals surface area (Å²) in [6, 6.07) is 11.4. The van der Waals surface area contributed by atoms with E-state index in [9.17, 15) is 14.7 Å². The Bertz CT molecular complexity index is 840. The molecule has 2 aromatic rings. The summed E-state index contributed by atoms with van der Waals surface area (Å²) < 4.78 is 5.11. The molecule has 3 rings (SSSR count). The zero-order valence-corrected chi connectivity index (χ0v) is 18.1. The van der Waals surface area contributed by atoms with E-state index in [4.69, 9.17) is 4.74 Å². The van der Waals surface area contributed by atoms with Crippen LogP contribution >= 0.6 is 11.3 Å². The molecule has 1 saturated carbocycles. The van der Waals surface area contributed by atoms with Crippen molar-refractivity contribution < 1.29 is 19.4 Å². The van der Waals surface area contributed by atoms with Crippen LogP contribution in [-0.2, 0) is 4.79 Å². The summed E-state index contributed by atoms with van der Waals surface area (Å²) in [7, 11) is 0. The average Bonchev–Trinajstić information content (AvgIpc) is 3.11. The van der Waals surface area contributed by atoms with Gasteiger partial charge in [-0.25, -0.2) is 4.79 Å². The Morgan fingerprint density at radius 2 is 1.86 bits per heavy atom. The number of carbonyl (C=O) groups is 2. The topological polar surface area (TPSA) is 66.8 Å². The van der Waals surface area contributed by atoms with Gasteiger partial charge in [0.2, 0.25) is 5.91 Å². The Morgan fingerprint density at radius 1 is 1.21 bits per heavy atom. The van der Waals surface area contributed by atoms with Crippen molar-refractivity contribution in [1.29, 1.82) is 0 Å². The lowest BCUT2D eigenvalue weighted by atomic mass is 9.82. The van der Waals surface area contributed by atoms with Gasteiger partial charge >= 0.3 is 6.16 Å². The summed E-state index contributed by atoms with van der Waals surface area (Å²) in [5.41, 5.74) is 0.974. The molecule has 1 aliphatic rings. The second kappa shape index (κ2) is 9.44. The lowest BCUT2D eigenvalue weighted by molar-refractivity contribution is -0.124. The number of amides is 1. The van der Waals surface area contributed by atoms with Crippen LogP contribution in [-0.4, -0.2) is 23.2 Å². The Balaban J connectivity index is 2.00. The number of anilines is 1. The number of thiophene rings is 1. The summed E-state index contributed by atoms with van der Waals surface area (Å²) in [5.74, 6) is 0.968. The summed E-state index contributed by atoms with van der Waals surface area (Å²) in [5, 5.41) is 9.83. The average molecular weight is 416 g/mol. The van der Waals surface area contributed by atoms with E-state index in [0.29, 0.717) is 10.9 Å². The van der Waals surface area contributed by atoms with Crippen LogP contribution in [0.2, 0.25) is 0 Å². The summed E-state index contributed by atoms with van der Waals surface area (Å²) in [6.07, 6.45) is 3.30. The summed E-state index contributed by atoms with van der Waals surface area (Å²) in [6.45, 7) is 6.28. The van der Waals surface area contributed by atoms with Gasteiger partial charge in [-0.1, -0.05) is 44.2 Å². The van der Waals surface area contributed by atoms with Crippen LogP contribution in [0.3, 0.4) is 0 Å². The minimum atomic E-state index is -1.37. The molecule has 5 nitrogen and oxygen atoms in total. The predicted molar refractivity (Wildman–Crippen MR) is 117 cm³/mol. The highest BCUT2D eigenvalue weighted by atomic mass is 32.1. The fourth-order valence-corrected chi connectivity index (χ4v) is 5.05. The van der Waals surface area contributed by atoms with Crippen LogP contribution in [0.5, 0.6) is 5.75 Å². The molecule has 6 heteroatoms. The van der Waals surface area contributed by atoms with E-state index in [1.807, 2.05) is 44.2 Å². The molecule has 0 spiro atoms. The summed E-state index contributed by atoms with van der Waals surface area (Å²) in [4.78, 5) is 27.5. The van der Waals surface area contributed by atoms with Crippen LogP contribution in [0, 0.1) is 11.8 Å². The predicted octanol–water partition coefficient (Wildman–Crippen LogP) is 6.43. The second-order valence-corrected chi connectivity index (χ2v) is 8.97. The molecule has 1 aliphatic carbocycles. The first-order valence-corrected chi connectivity index (χ1v) is 11.2. The van der Waals surface area contributed by atoms with E-state index in [2.05, 4.69) is 6.92 Å². The smallest absolute Gasteiger partial charge is 0.449 e. The fraction of sp³-hybridized carbons (Fsp3) is 0.478. The second-order valence-electron chi connectivity index (χ2n) is 7.94. The molecule has 1 N–H and O–H groups in total. The van der Waals surface area contributed by atoms with E-state index in [0.717, 1.165) is 42.5 Å². The molecule has 1 unspecified atom stereocenters. The zero-order chi connectivity index (χ0) is 21.0. The van der Waals surface area contributed by atoms with E-state index < -0.39 is 6.16 Å². The first kappa shape index (κ1) is 21.4. The number of benzene rings is 1. The lowest BCUT2D eigenvalue weighted by Crippen LogP contribution is -2.43. The molecule has 1 aromatic carbocycles. The number of carbonyl (C=O) groups excluding carboxylic acids is 1. The maximum Gasteiger partial charge on any atom is 0.511 e. The van der Waals surface area contributed by atoms with Crippen LogP contribution in [0.4, 0.5) is 9.80 Å². The third-order valence-electron chi connectivity index (χ3n) is 5.79. The van der Waals surface area contributed by atoms with Gasteiger partial charge in [0.25, 0.3) is 0 Å². The van der Waals surface area contributed by atoms with E-state index in [1.54, 1.807) is 11.0 Å². The number of carboxylic acid groups (broad SMARTS) is 1. The van der Waals surface area contributed by atoms with E-state index >= 15 is 0 Å². The molecule has 1 aromatic heterocycles. The minimum Gasteiger partial charge on any atom is -0.449 e. The molecular weight excluding hydrogens is 386 g/mol. The number of rotatable bonds is 6. The number of ether oxygens (including phenoxy) is 1. The fourth-order valence-electron chi connectivity index (χ4n) is 3.85. The van der Waals surface area contributed by atoms with Gasteiger partial charge < -0.3 is 9.84 Å². The molecule has 29 heavy (non-hydrogen) atoms. The molecule has 1 heterocycles. The Labute approximate surface area is 176 Å². The third kappa shape index (κ3) is 4.99. The van der Waals surface area contributed by atoms with Crippen LogP contribution in [0.15, 0.2) is 36.4 Å². The highest BCUT2D eigenvalue weighted by molar-refractivity contribution is 7.20. The van der Waals surface area contributed by atoms with Gasteiger partial charge in [0, 0.05) is 22.9 Å². The van der Waals surface area contributed by atoms with Gasteiger partial charge in [-0.3, -0.25) is 9.69 Å². The third-order valence-corrected chi connectivity index (χ3v) is 6.95. The molecule has 0 aliphatic heterocycles. The van der Waals surface area contributed by atoms with Gasteiger partial charge in [-0.2, -0.15) is 0 Å². The van der Waals surface area contributed by atoms with Crippen molar-refractivity contribution in [3.05, 3.63) is 36.4 Å².